The number of hydrogen-bond donors (Lipinski definition) is 0. The van der Waals surface area contributed by atoms with Crippen LogP contribution >= 0.6 is 61.6 Å². The molecule has 0 atom stereocenters. The average molecular weight is 1980 g/mol. The molecule has 0 unspecified atom stereocenters. The van der Waals surface area contributed by atoms with Crippen molar-refractivity contribution in [1.82, 2.24) is 0 Å². The van der Waals surface area contributed by atoms with Crippen LogP contribution in [-0.2, 0) is 53.9 Å². The third-order valence-corrected chi connectivity index (χ3v) is 35.1. The fourth-order valence-electron chi connectivity index (χ4n) is 12.7. The van der Waals surface area contributed by atoms with Gasteiger partial charge in [0.25, 0.3) is 0 Å². The van der Waals surface area contributed by atoms with Crippen molar-refractivity contribution in [1.29, 1.82) is 0 Å². The maximum atomic E-state index is 16.6. The van der Waals surface area contributed by atoms with Crippen LogP contribution in [0.15, 0.2) is 400 Å². The van der Waals surface area contributed by atoms with E-state index in [1.165, 1.54) is 63.7 Å². The molecule has 0 saturated carbocycles. The molecule has 0 fully saturated rings. The molecule has 14 aromatic rings. The summed E-state index contributed by atoms with van der Waals surface area (Å²) in [7, 11) is -34.1. The van der Waals surface area contributed by atoms with E-state index in [0.717, 1.165) is 31.8 Å². The number of rotatable bonds is 18. The smallest absolute Gasteiger partial charge is 0.308 e. The average Bonchev–Trinajstić information content (AvgIpc) is 0.731. The molecule has 0 aliphatic rings. The fourth-order valence-corrected chi connectivity index (χ4v) is 32.0. The Hall–Kier alpha value is -7.24. The normalized spacial score (nSPS) is 12.8. The molecule has 14 rings (SSSR count). The Morgan fingerprint density at radius 1 is 0.176 bits per heavy atom. The minimum absolute atomic E-state index is 0. The predicted octanol–water partition coefficient (Wildman–Crippen LogP) is 19.4. The number of benzene rings is 14. The van der Waals surface area contributed by atoms with Gasteiger partial charge in [-0.3, -0.25) is 0 Å². The van der Waals surface area contributed by atoms with Gasteiger partial charge in [0.05, 0.1) is 52.9 Å². The van der Waals surface area contributed by atoms with Crippen LogP contribution in [0, 0.1) is 0 Å². The molecule has 0 saturated heterocycles. The second kappa shape index (κ2) is 35.0. The van der Waals surface area contributed by atoms with Gasteiger partial charge < -0.3 is 9.13 Å². The molecule has 0 radical (unpaired) electrons. The summed E-state index contributed by atoms with van der Waals surface area (Å²) in [5, 5.41) is 20.3. The van der Waals surface area contributed by atoms with Crippen molar-refractivity contribution in [2.75, 3.05) is 0 Å². The van der Waals surface area contributed by atoms with E-state index in [1.54, 1.807) is 0 Å². The molecule has 0 heterocycles. The zero-order valence-corrected chi connectivity index (χ0v) is 68.8. The third-order valence-electron chi connectivity index (χ3n) is 16.8. The van der Waals surface area contributed by atoms with Crippen LogP contribution in [-0.4, -0.2) is 0 Å². The first-order chi connectivity index (χ1) is 50.4. The standard InChI is InChI=1S/2C42H33OP3.2Au.2F6P/c2*43-46(38-28-14-5-15-29-38,41-32-18-16-30-39(41)44(34-20-6-1-7-21-34)35-22-8-2-9-23-35)42-33-19-17-31-40(42)45(36-24-10-3-11-25-36)37-26-12-4-13-27-37;;;2*1-7(2,3,4,5)6/h2*1-33H;;;;/q;;2*+1;2*-1/p+4. The van der Waals surface area contributed by atoms with Gasteiger partial charge in [-0.1, -0.05) is 255 Å². The second-order valence-electron chi connectivity index (χ2n) is 24.3. The van der Waals surface area contributed by atoms with E-state index in [1.807, 2.05) is 36.4 Å². The maximum absolute atomic E-state index is 16.6. The first-order valence-corrected chi connectivity index (χ1v) is 46.6. The van der Waals surface area contributed by atoms with Crippen LogP contribution in [0.25, 0.3) is 0 Å². The van der Waals surface area contributed by atoms with Crippen LogP contribution in [0.1, 0.15) is 0 Å². The SMILES string of the molecule is F[P-](F)(F)(F)(F)F.F[P-](F)(F)(F)(F)F.O=P(c1ccccc1)(c1ccccc1[PH+](c1ccccc1)c1ccccc1)c1ccccc1[PH+](c1ccccc1)c1ccccc1.O=P(c1ccccc1)(c1ccccc1[PH+](c1ccccc1)c1ccccc1)c1ccccc1[PH+](c1ccccc1)c1ccccc1.[Au+].[Au+]. The van der Waals surface area contributed by atoms with Crippen molar-refractivity contribution in [3.8, 4) is 0 Å². The summed E-state index contributed by atoms with van der Waals surface area (Å²) in [5.74, 6) is 0. The zero-order chi connectivity index (χ0) is 75.2. The van der Waals surface area contributed by atoms with Gasteiger partial charge in [0.1, 0.15) is 63.7 Å². The van der Waals surface area contributed by atoms with Crippen LogP contribution in [0.5, 0.6) is 0 Å². The summed E-state index contributed by atoms with van der Waals surface area (Å²) in [5.41, 5.74) is 0. The minimum atomic E-state index is -10.7. The summed E-state index contributed by atoms with van der Waals surface area (Å²) < 4.78 is 152. The van der Waals surface area contributed by atoms with Gasteiger partial charge in [0.15, 0.2) is 14.3 Å². The van der Waals surface area contributed by atoms with E-state index in [-0.39, 0.29) is 44.8 Å². The molecule has 560 valence electrons. The Kier molecular flexibility index (Phi) is 27.5. The summed E-state index contributed by atoms with van der Waals surface area (Å²) >= 11 is 0. The van der Waals surface area contributed by atoms with Gasteiger partial charge in [0, 0.05) is 10.6 Å². The fraction of sp³-hybridized carbons (Fsp3) is 0. The largest absolute Gasteiger partial charge is 1.00 e. The van der Waals surface area contributed by atoms with Gasteiger partial charge in [0.2, 0.25) is 0 Å². The van der Waals surface area contributed by atoms with Crippen LogP contribution in [0.2, 0.25) is 0 Å². The Morgan fingerprint density at radius 3 is 0.426 bits per heavy atom. The van der Waals surface area contributed by atoms with E-state index in [0.29, 0.717) is 0 Å². The van der Waals surface area contributed by atoms with E-state index in [4.69, 9.17) is 0 Å². The van der Waals surface area contributed by atoms with E-state index in [9.17, 15) is 50.4 Å². The van der Waals surface area contributed by atoms with Crippen molar-refractivity contribution in [2.24, 2.45) is 0 Å². The Balaban J connectivity index is 0.000000208. The zero-order valence-electron chi connectivity index (χ0n) is 56.8. The maximum Gasteiger partial charge on any atom is 1.00 e. The van der Waals surface area contributed by atoms with E-state index < -0.39 is 61.6 Å². The van der Waals surface area contributed by atoms with Crippen molar-refractivity contribution >= 4 is 157 Å². The van der Waals surface area contributed by atoms with Crippen LogP contribution in [0.4, 0.5) is 50.4 Å². The molecule has 0 spiro atoms. The van der Waals surface area contributed by atoms with E-state index in [2.05, 4.69) is 364 Å². The topological polar surface area (TPSA) is 34.1 Å². The molecule has 0 aromatic heterocycles. The van der Waals surface area contributed by atoms with Gasteiger partial charge in [-0.15, -0.1) is 0 Å². The summed E-state index contributed by atoms with van der Waals surface area (Å²) in [6, 6.07) is 141. The molecule has 0 bridgehead atoms. The van der Waals surface area contributed by atoms with Gasteiger partial charge in [-0.2, -0.15) is 0 Å². The first-order valence-electron chi connectivity index (χ1n) is 33.2. The second-order valence-corrected chi connectivity index (χ2v) is 43.3. The quantitative estimate of drug-likeness (QED) is 0.0487. The monoisotopic (exact) mass is 1980 g/mol. The van der Waals surface area contributed by atoms with Gasteiger partial charge in [-0.25, -0.2) is 0 Å². The van der Waals surface area contributed by atoms with Crippen LogP contribution in [0.3, 0.4) is 0 Å². The van der Waals surface area contributed by atoms with E-state index >= 15 is 9.13 Å². The summed E-state index contributed by atoms with van der Waals surface area (Å²) in [6.45, 7) is 0. The third kappa shape index (κ3) is 23.4. The molecule has 14 aromatic carbocycles. The molecule has 0 amide bonds. The molecule has 0 aliphatic carbocycles. The molecule has 2 nitrogen and oxygen atoms in total. The predicted molar refractivity (Wildman–Crippen MR) is 439 cm³/mol. The van der Waals surface area contributed by atoms with Gasteiger partial charge >= 0.3 is 111 Å². The van der Waals surface area contributed by atoms with Crippen LogP contribution < -0.4 is 95.5 Å². The van der Waals surface area contributed by atoms with Gasteiger partial charge in [-0.05, 0) is 146 Å². The summed E-state index contributed by atoms with van der Waals surface area (Å²) in [6.07, 6.45) is 0. The first kappa shape index (κ1) is 84.8. The van der Waals surface area contributed by atoms with Crippen molar-refractivity contribution < 1.29 is 104 Å². The Bertz CT molecular complexity index is 4540. The molecular formula is C84H70Au2F12O2P8+4. The Morgan fingerprint density at radius 2 is 0.287 bits per heavy atom. The van der Waals surface area contributed by atoms with Crippen molar-refractivity contribution in [3.05, 3.63) is 400 Å². The summed E-state index contributed by atoms with van der Waals surface area (Å²) in [4.78, 5) is 0. The molecule has 0 N–H and O–H groups in total. The molecule has 108 heavy (non-hydrogen) atoms. The molecule has 24 heteroatoms. The Labute approximate surface area is 656 Å². The number of halogens is 12. The van der Waals surface area contributed by atoms with Crippen molar-refractivity contribution in [3.63, 3.8) is 0 Å². The number of hydrogen-bond acceptors (Lipinski definition) is 2. The molecule has 0 aliphatic heterocycles. The van der Waals surface area contributed by atoms with Crippen molar-refractivity contribution in [2.45, 2.75) is 0 Å². The minimum Gasteiger partial charge on any atom is -0.308 e. The molecular weight excluding hydrogens is 1910 g/mol.